The third-order valence-electron chi connectivity index (χ3n) is 11.4. The summed E-state index contributed by atoms with van der Waals surface area (Å²) >= 11 is 0. The third kappa shape index (κ3) is 5.80. The molecule has 0 atom stereocenters. The van der Waals surface area contributed by atoms with Gasteiger partial charge in [0.25, 0.3) is 0 Å². The first-order chi connectivity index (χ1) is 30.2. The molecular weight excluding hydrogens is 749 g/mol. The van der Waals surface area contributed by atoms with Crippen LogP contribution in [0, 0.1) is 0 Å². The number of hydrogen-bond donors (Lipinski definition) is 0. The minimum atomic E-state index is 0.544. The van der Waals surface area contributed by atoms with Crippen molar-refractivity contribution >= 4 is 43.9 Å². The zero-order valence-electron chi connectivity index (χ0n) is 32.7. The lowest BCUT2D eigenvalue weighted by molar-refractivity contribution is 0.953. The van der Waals surface area contributed by atoms with E-state index >= 15 is 0 Å². The number of aromatic nitrogens is 8. The van der Waals surface area contributed by atoms with Crippen molar-refractivity contribution in [2.24, 2.45) is 0 Å². The number of fused-ring (bicyclic) bond motifs is 5. The van der Waals surface area contributed by atoms with Crippen molar-refractivity contribution in [1.29, 1.82) is 0 Å². The van der Waals surface area contributed by atoms with Crippen molar-refractivity contribution < 1.29 is 0 Å². The highest BCUT2D eigenvalue weighted by atomic mass is 15.2. The molecule has 8 heteroatoms. The van der Waals surface area contributed by atoms with Crippen molar-refractivity contribution in [3.05, 3.63) is 206 Å². The van der Waals surface area contributed by atoms with Gasteiger partial charge in [0, 0.05) is 44.4 Å². The number of rotatable bonds is 7. The molecule has 0 radical (unpaired) electrons. The van der Waals surface area contributed by atoms with Crippen LogP contribution in [-0.2, 0) is 0 Å². The second kappa shape index (κ2) is 14.1. The summed E-state index contributed by atoms with van der Waals surface area (Å²) in [5, 5.41) is 2.27. The topological polar surface area (TPSA) is 79.2 Å². The van der Waals surface area contributed by atoms with E-state index in [1.54, 1.807) is 0 Å². The summed E-state index contributed by atoms with van der Waals surface area (Å²) in [7, 11) is 0. The number of benzene rings is 8. The molecule has 0 aliphatic rings. The maximum atomic E-state index is 5.22. The molecule has 0 aliphatic carbocycles. The van der Waals surface area contributed by atoms with Crippen LogP contribution >= 0.6 is 0 Å². The summed E-state index contributed by atoms with van der Waals surface area (Å²) < 4.78 is 6.57. The van der Waals surface area contributed by atoms with E-state index in [-0.39, 0.29) is 0 Å². The van der Waals surface area contributed by atoms with Crippen molar-refractivity contribution in [3.8, 4) is 62.9 Å². The molecule has 12 rings (SSSR count). The summed E-state index contributed by atoms with van der Waals surface area (Å²) in [6.07, 6.45) is 0. The zero-order chi connectivity index (χ0) is 40.3. The molecule has 0 bridgehead atoms. The summed E-state index contributed by atoms with van der Waals surface area (Å²) in [6.45, 7) is 0. The average Bonchev–Trinajstić information content (AvgIpc) is 4.03. The van der Waals surface area contributed by atoms with E-state index in [9.17, 15) is 0 Å². The lowest BCUT2D eigenvalue weighted by atomic mass is 10.1. The van der Waals surface area contributed by atoms with Gasteiger partial charge in [0.05, 0.1) is 33.1 Å². The highest BCUT2D eigenvalue weighted by molar-refractivity contribution is 6.09. The van der Waals surface area contributed by atoms with Crippen LogP contribution in [0.4, 0.5) is 0 Å². The van der Waals surface area contributed by atoms with Crippen LogP contribution in [0.2, 0.25) is 0 Å². The first kappa shape index (κ1) is 34.5. The Morgan fingerprint density at radius 1 is 0.262 bits per heavy atom. The fourth-order valence-corrected chi connectivity index (χ4v) is 8.51. The van der Waals surface area contributed by atoms with E-state index in [0.717, 1.165) is 89.2 Å². The van der Waals surface area contributed by atoms with Gasteiger partial charge in [-0.3, -0.25) is 13.7 Å². The molecule has 4 heterocycles. The highest BCUT2D eigenvalue weighted by Crippen LogP contribution is 2.35. The second-order valence-corrected chi connectivity index (χ2v) is 15.0. The number of imidazole rings is 2. The van der Waals surface area contributed by atoms with Crippen molar-refractivity contribution in [3.63, 3.8) is 0 Å². The smallest absolute Gasteiger partial charge is 0.238 e. The molecule has 12 aromatic rings. The Labute approximate surface area is 350 Å². The lowest BCUT2D eigenvalue weighted by Crippen LogP contribution is -2.06. The molecule has 61 heavy (non-hydrogen) atoms. The fourth-order valence-electron chi connectivity index (χ4n) is 8.51. The predicted octanol–water partition coefficient (Wildman–Crippen LogP) is 12.3. The average molecular weight is 783 g/mol. The van der Waals surface area contributed by atoms with Crippen molar-refractivity contribution in [2.45, 2.75) is 0 Å². The van der Waals surface area contributed by atoms with E-state index < -0.39 is 0 Å². The molecule has 0 N–H and O–H groups in total. The van der Waals surface area contributed by atoms with Crippen LogP contribution in [0.5, 0.6) is 0 Å². The van der Waals surface area contributed by atoms with Crippen LogP contribution in [-0.4, -0.2) is 38.6 Å². The number of para-hydroxylation sites is 8. The van der Waals surface area contributed by atoms with Gasteiger partial charge in [-0.15, -0.1) is 0 Å². The van der Waals surface area contributed by atoms with Crippen LogP contribution in [0.25, 0.3) is 107 Å². The van der Waals surface area contributed by atoms with Gasteiger partial charge < -0.3 is 0 Å². The van der Waals surface area contributed by atoms with Gasteiger partial charge in [0.2, 0.25) is 5.95 Å². The van der Waals surface area contributed by atoms with E-state index in [0.29, 0.717) is 17.6 Å². The molecule has 0 saturated heterocycles. The number of nitrogens with zero attached hydrogens (tertiary/aromatic N) is 8. The molecule has 4 aromatic heterocycles. The van der Waals surface area contributed by atoms with Gasteiger partial charge in [-0.25, -0.2) is 15.0 Å². The summed E-state index contributed by atoms with van der Waals surface area (Å²) in [5.41, 5.74) is 11.8. The van der Waals surface area contributed by atoms with Gasteiger partial charge in [0.1, 0.15) is 11.6 Å². The SMILES string of the molecule is c1ccc(-n2c(-c3ccc(-c4nc(-c5ccc(-c6nc7ccccc7n6-c6ccccc6)cc5)nc(-n5c6ccccc6c6ccccc65)n4)cc3)nc3ccccc32)cc1. The quantitative estimate of drug-likeness (QED) is 0.161. The van der Waals surface area contributed by atoms with Gasteiger partial charge in [0.15, 0.2) is 11.6 Å². The molecular formula is C53H34N8. The minimum Gasteiger partial charge on any atom is -0.292 e. The second-order valence-electron chi connectivity index (χ2n) is 15.0. The molecule has 8 nitrogen and oxygen atoms in total. The molecule has 0 spiro atoms. The first-order valence-corrected chi connectivity index (χ1v) is 20.3. The zero-order valence-corrected chi connectivity index (χ0v) is 32.7. The molecule has 286 valence electrons. The van der Waals surface area contributed by atoms with E-state index in [1.807, 2.05) is 24.3 Å². The Morgan fingerprint density at radius 2 is 0.623 bits per heavy atom. The molecule has 0 saturated carbocycles. The normalized spacial score (nSPS) is 11.6. The van der Waals surface area contributed by atoms with Crippen LogP contribution in [0.15, 0.2) is 206 Å². The van der Waals surface area contributed by atoms with Crippen molar-refractivity contribution in [2.75, 3.05) is 0 Å². The standard InChI is InChI=1S/C53H34N8/c1-3-15-39(16-4-1)59-47-25-13-9-21-43(47)54-51(59)37-31-27-35(28-32-37)49-56-50(58-53(57-49)61-45-23-11-7-19-41(45)42-20-8-12-24-46(42)61)36-29-33-38(34-30-36)52-55-44-22-10-14-26-48(44)60(52)40-17-5-2-6-18-40/h1-34H. The summed E-state index contributed by atoms with van der Waals surface area (Å²) in [6, 6.07) is 70.8. The Hall–Kier alpha value is -8.49. The molecule has 0 fully saturated rings. The van der Waals surface area contributed by atoms with Gasteiger partial charge in [-0.1, -0.05) is 146 Å². The minimum absolute atomic E-state index is 0.544. The van der Waals surface area contributed by atoms with Crippen LogP contribution in [0.3, 0.4) is 0 Å². The van der Waals surface area contributed by atoms with Crippen molar-refractivity contribution in [1.82, 2.24) is 38.6 Å². The lowest BCUT2D eigenvalue weighted by Gasteiger charge is -2.12. The highest BCUT2D eigenvalue weighted by Gasteiger charge is 2.20. The van der Waals surface area contributed by atoms with E-state index in [1.165, 1.54) is 0 Å². The monoisotopic (exact) mass is 782 g/mol. The maximum absolute atomic E-state index is 5.22. The Bertz CT molecular complexity index is 3330. The first-order valence-electron chi connectivity index (χ1n) is 20.3. The third-order valence-corrected chi connectivity index (χ3v) is 11.4. The molecule has 0 aliphatic heterocycles. The molecule has 8 aromatic carbocycles. The van der Waals surface area contributed by atoms with E-state index in [4.69, 9.17) is 24.9 Å². The predicted molar refractivity (Wildman–Crippen MR) is 245 cm³/mol. The Kier molecular flexibility index (Phi) is 7.99. The summed E-state index contributed by atoms with van der Waals surface area (Å²) in [4.78, 5) is 25.8. The largest absolute Gasteiger partial charge is 0.292 e. The van der Waals surface area contributed by atoms with Gasteiger partial charge in [-0.2, -0.15) is 9.97 Å². The summed E-state index contributed by atoms with van der Waals surface area (Å²) in [5.74, 6) is 3.41. The molecule has 0 amide bonds. The fraction of sp³-hybridized carbons (Fsp3) is 0. The Morgan fingerprint density at radius 3 is 1.07 bits per heavy atom. The molecule has 0 unspecified atom stereocenters. The van der Waals surface area contributed by atoms with Crippen LogP contribution < -0.4 is 0 Å². The van der Waals surface area contributed by atoms with E-state index in [2.05, 4.69) is 196 Å². The van der Waals surface area contributed by atoms with Gasteiger partial charge in [-0.05, 0) is 60.7 Å². The maximum Gasteiger partial charge on any atom is 0.238 e. The number of hydrogen-bond acceptors (Lipinski definition) is 5. The van der Waals surface area contributed by atoms with Crippen LogP contribution in [0.1, 0.15) is 0 Å². The van der Waals surface area contributed by atoms with Gasteiger partial charge >= 0.3 is 0 Å². The Balaban J connectivity index is 1.00.